The standard InChI is InChI=1S/C10H11NO5S/c12-10(13)5-6-17(16)7-8-1-3-9(4-2-8)11(14)15/h1-4H,5-7H2,(H,12,13). The zero-order chi connectivity index (χ0) is 12.8. The molecule has 6 nitrogen and oxygen atoms in total. The van der Waals surface area contributed by atoms with Gasteiger partial charge in [-0.3, -0.25) is 19.1 Å². The maximum Gasteiger partial charge on any atom is 0.304 e. The van der Waals surface area contributed by atoms with Crippen LogP contribution in [0.2, 0.25) is 0 Å². The molecule has 0 saturated heterocycles. The van der Waals surface area contributed by atoms with Crippen LogP contribution in [-0.4, -0.2) is 26.0 Å². The van der Waals surface area contributed by atoms with Crippen LogP contribution in [-0.2, 0) is 21.3 Å². The van der Waals surface area contributed by atoms with Crippen molar-refractivity contribution < 1.29 is 19.0 Å². The molecule has 1 aromatic carbocycles. The van der Waals surface area contributed by atoms with Gasteiger partial charge in [0.15, 0.2) is 0 Å². The van der Waals surface area contributed by atoms with E-state index in [0.717, 1.165) is 0 Å². The first-order valence-electron chi connectivity index (χ1n) is 4.79. The number of aliphatic carboxylic acids is 1. The average Bonchev–Trinajstić information content (AvgIpc) is 2.27. The summed E-state index contributed by atoms with van der Waals surface area (Å²) < 4.78 is 11.4. The molecule has 1 rings (SSSR count). The van der Waals surface area contributed by atoms with Crippen LogP contribution in [0.15, 0.2) is 24.3 Å². The van der Waals surface area contributed by atoms with Crippen LogP contribution >= 0.6 is 0 Å². The van der Waals surface area contributed by atoms with E-state index in [0.29, 0.717) is 5.56 Å². The summed E-state index contributed by atoms with van der Waals surface area (Å²) in [6.45, 7) is 0. The van der Waals surface area contributed by atoms with Crippen LogP contribution in [0.5, 0.6) is 0 Å². The van der Waals surface area contributed by atoms with E-state index in [2.05, 4.69) is 0 Å². The van der Waals surface area contributed by atoms with Crippen molar-refractivity contribution in [2.24, 2.45) is 0 Å². The molecular formula is C10H11NO5S. The number of hydrogen-bond acceptors (Lipinski definition) is 4. The highest BCUT2D eigenvalue weighted by Gasteiger charge is 2.07. The number of non-ortho nitro benzene ring substituents is 1. The Hall–Kier alpha value is -1.76. The van der Waals surface area contributed by atoms with Crippen LogP contribution in [0.25, 0.3) is 0 Å². The molecule has 1 N–H and O–H groups in total. The van der Waals surface area contributed by atoms with Crippen LogP contribution in [0, 0.1) is 10.1 Å². The second-order valence-electron chi connectivity index (χ2n) is 3.36. The number of nitrogens with zero attached hydrogens (tertiary/aromatic N) is 1. The number of nitro benzene ring substituents is 1. The van der Waals surface area contributed by atoms with Crippen LogP contribution in [0.4, 0.5) is 5.69 Å². The normalized spacial score (nSPS) is 12.0. The van der Waals surface area contributed by atoms with E-state index >= 15 is 0 Å². The van der Waals surface area contributed by atoms with Gasteiger partial charge in [0.1, 0.15) is 0 Å². The maximum atomic E-state index is 11.4. The molecule has 0 aliphatic rings. The Morgan fingerprint density at radius 2 is 1.94 bits per heavy atom. The van der Waals surface area contributed by atoms with Gasteiger partial charge in [-0.1, -0.05) is 12.1 Å². The first-order chi connectivity index (χ1) is 7.99. The molecule has 0 amide bonds. The Morgan fingerprint density at radius 1 is 1.35 bits per heavy atom. The highest BCUT2D eigenvalue weighted by Crippen LogP contribution is 2.13. The van der Waals surface area contributed by atoms with Crippen molar-refractivity contribution in [2.75, 3.05) is 5.75 Å². The van der Waals surface area contributed by atoms with E-state index < -0.39 is 21.7 Å². The number of nitro groups is 1. The lowest BCUT2D eigenvalue weighted by molar-refractivity contribution is -0.384. The molecule has 1 aromatic rings. The minimum absolute atomic E-state index is 0.0231. The Balaban J connectivity index is 2.54. The molecule has 0 aliphatic heterocycles. The van der Waals surface area contributed by atoms with Gasteiger partial charge in [-0.25, -0.2) is 0 Å². The summed E-state index contributed by atoms with van der Waals surface area (Å²) in [5.41, 5.74) is 0.671. The summed E-state index contributed by atoms with van der Waals surface area (Å²) in [5, 5.41) is 18.8. The number of hydrogen-bond donors (Lipinski definition) is 1. The molecule has 0 aromatic heterocycles. The fourth-order valence-electron chi connectivity index (χ4n) is 1.17. The van der Waals surface area contributed by atoms with Gasteiger partial charge in [0, 0.05) is 34.4 Å². The SMILES string of the molecule is O=C(O)CCS(=O)Cc1ccc([N+](=O)[O-])cc1. The second kappa shape index (κ2) is 6.09. The van der Waals surface area contributed by atoms with E-state index in [9.17, 15) is 19.1 Å². The topological polar surface area (TPSA) is 97.5 Å². The summed E-state index contributed by atoms with van der Waals surface area (Å²) in [7, 11) is -1.26. The van der Waals surface area contributed by atoms with Crippen molar-refractivity contribution >= 4 is 22.5 Å². The molecule has 7 heteroatoms. The quantitative estimate of drug-likeness (QED) is 0.612. The third-order valence-corrected chi connectivity index (χ3v) is 3.33. The Bertz CT molecular complexity index is 443. The molecule has 0 heterocycles. The number of rotatable bonds is 6. The molecule has 0 fully saturated rings. The lowest BCUT2D eigenvalue weighted by Gasteiger charge is -2.00. The van der Waals surface area contributed by atoms with Crippen molar-refractivity contribution in [1.29, 1.82) is 0 Å². The minimum atomic E-state index is -1.26. The van der Waals surface area contributed by atoms with Gasteiger partial charge in [0.2, 0.25) is 0 Å². The van der Waals surface area contributed by atoms with Gasteiger partial charge in [-0.15, -0.1) is 0 Å². The summed E-state index contributed by atoms with van der Waals surface area (Å²) in [6, 6.07) is 5.72. The van der Waals surface area contributed by atoms with E-state index in [1.165, 1.54) is 24.3 Å². The van der Waals surface area contributed by atoms with Crippen molar-refractivity contribution in [3.8, 4) is 0 Å². The zero-order valence-electron chi connectivity index (χ0n) is 8.87. The average molecular weight is 257 g/mol. The largest absolute Gasteiger partial charge is 0.481 e. The molecule has 1 atom stereocenters. The van der Waals surface area contributed by atoms with Gasteiger partial charge in [0.25, 0.3) is 5.69 Å². The van der Waals surface area contributed by atoms with Crippen molar-refractivity contribution in [2.45, 2.75) is 12.2 Å². The fourth-order valence-corrected chi connectivity index (χ4v) is 2.28. The molecule has 1 unspecified atom stereocenters. The zero-order valence-corrected chi connectivity index (χ0v) is 9.68. The summed E-state index contributed by atoms with van der Waals surface area (Å²) in [4.78, 5) is 20.1. The number of carboxylic acid groups (broad SMARTS) is 1. The molecule has 0 saturated carbocycles. The molecule has 0 radical (unpaired) electrons. The Kier molecular flexibility index (Phi) is 4.77. The van der Waals surface area contributed by atoms with E-state index in [1.54, 1.807) is 0 Å². The molecule has 0 spiro atoms. The summed E-state index contributed by atoms with van der Waals surface area (Å²) in [6.07, 6.45) is -0.139. The van der Waals surface area contributed by atoms with Crippen molar-refractivity contribution in [1.82, 2.24) is 0 Å². The lowest BCUT2D eigenvalue weighted by atomic mass is 10.2. The Labute approximate surface area is 99.9 Å². The molecule has 92 valence electrons. The van der Waals surface area contributed by atoms with Gasteiger partial charge >= 0.3 is 5.97 Å². The molecule has 0 bridgehead atoms. The van der Waals surface area contributed by atoms with Gasteiger partial charge < -0.3 is 5.11 Å². The van der Waals surface area contributed by atoms with E-state index in [1.807, 2.05) is 0 Å². The molecular weight excluding hydrogens is 246 g/mol. The van der Waals surface area contributed by atoms with Crippen LogP contribution in [0.3, 0.4) is 0 Å². The predicted octanol–water partition coefficient (Wildman–Crippen LogP) is 1.32. The monoisotopic (exact) mass is 257 g/mol. The highest BCUT2D eigenvalue weighted by molar-refractivity contribution is 7.84. The van der Waals surface area contributed by atoms with Crippen molar-refractivity contribution in [3.05, 3.63) is 39.9 Å². The Morgan fingerprint density at radius 3 is 2.41 bits per heavy atom. The first-order valence-corrected chi connectivity index (χ1v) is 6.28. The highest BCUT2D eigenvalue weighted by atomic mass is 32.2. The van der Waals surface area contributed by atoms with Gasteiger partial charge in [-0.05, 0) is 5.56 Å². The summed E-state index contributed by atoms with van der Waals surface area (Å²) >= 11 is 0. The van der Waals surface area contributed by atoms with Crippen LogP contribution in [0.1, 0.15) is 12.0 Å². The van der Waals surface area contributed by atoms with Crippen molar-refractivity contribution in [3.63, 3.8) is 0 Å². The first kappa shape index (κ1) is 13.3. The van der Waals surface area contributed by atoms with Gasteiger partial charge in [0.05, 0.1) is 11.3 Å². The van der Waals surface area contributed by atoms with Crippen LogP contribution < -0.4 is 0 Å². The lowest BCUT2D eigenvalue weighted by Crippen LogP contribution is -2.06. The second-order valence-corrected chi connectivity index (χ2v) is 4.93. The number of carbonyl (C=O) groups is 1. The third-order valence-electron chi connectivity index (χ3n) is 2.02. The van der Waals surface area contributed by atoms with E-state index in [4.69, 9.17) is 5.11 Å². The number of carboxylic acids is 1. The summed E-state index contributed by atoms with van der Waals surface area (Å²) in [5.74, 6) is -0.681. The molecule has 0 aliphatic carbocycles. The van der Waals surface area contributed by atoms with E-state index in [-0.39, 0.29) is 23.6 Å². The number of benzene rings is 1. The fraction of sp³-hybridized carbons (Fsp3) is 0.300. The van der Waals surface area contributed by atoms with Gasteiger partial charge in [-0.2, -0.15) is 0 Å². The maximum absolute atomic E-state index is 11.4. The molecule has 17 heavy (non-hydrogen) atoms. The smallest absolute Gasteiger partial charge is 0.304 e. The third kappa shape index (κ3) is 4.73. The minimum Gasteiger partial charge on any atom is -0.481 e. The predicted molar refractivity (Wildman–Crippen MR) is 62.1 cm³/mol.